The molecule has 0 aromatic rings. The summed E-state index contributed by atoms with van der Waals surface area (Å²) < 4.78 is 4.58. The Morgan fingerprint density at radius 1 is 1.82 bits per heavy atom. The molecule has 0 radical (unpaired) electrons. The summed E-state index contributed by atoms with van der Waals surface area (Å²) in [6.07, 6.45) is 2.74. The number of rotatable bonds is 2. The van der Waals surface area contributed by atoms with Gasteiger partial charge in [-0.1, -0.05) is 6.92 Å². The lowest BCUT2D eigenvalue weighted by Crippen LogP contribution is -2.16. The molecule has 0 aromatic carbocycles. The largest absolute Gasteiger partial charge is 0.467 e. The first kappa shape index (κ1) is 8.24. The van der Waals surface area contributed by atoms with Crippen LogP contribution in [0.1, 0.15) is 26.2 Å². The van der Waals surface area contributed by atoms with E-state index in [0.29, 0.717) is 0 Å². The lowest BCUT2D eigenvalue weighted by molar-refractivity contribution is -0.141. The Kier molecular flexibility index (Phi) is 2.63. The summed E-state index contributed by atoms with van der Waals surface area (Å²) in [5.74, 6) is -0.201. The predicted molar refractivity (Wildman–Crippen MR) is 42.8 cm³/mol. The second kappa shape index (κ2) is 3.51. The fourth-order valence-corrected chi connectivity index (χ4v) is 1.23. The molecule has 3 nitrogen and oxygen atoms in total. The molecule has 0 bridgehead atoms. The Bertz CT molecular complexity index is 187. The molecule has 3 heteroatoms. The summed E-state index contributed by atoms with van der Waals surface area (Å²) in [5.41, 5.74) is 1.14. The van der Waals surface area contributed by atoms with E-state index in [4.69, 9.17) is 0 Å². The number of ether oxygens (including phenoxy) is 1. The van der Waals surface area contributed by atoms with Crippen molar-refractivity contribution >= 4 is 11.7 Å². The maximum atomic E-state index is 10.9. The number of carbonyl (C=O) groups is 1. The molecule has 0 saturated heterocycles. The van der Waals surface area contributed by atoms with Gasteiger partial charge in [-0.2, -0.15) is 0 Å². The van der Waals surface area contributed by atoms with Crippen LogP contribution in [0.4, 0.5) is 0 Å². The molecule has 1 aliphatic rings. The van der Waals surface area contributed by atoms with Crippen molar-refractivity contribution in [1.82, 2.24) is 0 Å². The Morgan fingerprint density at radius 3 is 3.00 bits per heavy atom. The Balaban J connectivity index is 2.52. The van der Waals surface area contributed by atoms with Crippen molar-refractivity contribution in [2.75, 3.05) is 7.11 Å². The average Bonchev–Trinajstić information content (AvgIpc) is 2.50. The highest BCUT2D eigenvalue weighted by molar-refractivity contribution is 5.90. The van der Waals surface area contributed by atoms with E-state index in [2.05, 4.69) is 16.7 Å². The zero-order chi connectivity index (χ0) is 8.27. The van der Waals surface area contributed by atoms with Crippen molar-refractivity contribution in [1.29, 1.82) is 0 Å². The summed E-state index contributed by atoms with van der Waals surface area (Å²) in [6.45, 7) is 2.05. The van der Waals surface area contributed by atoms with Crippen molar-refractivity contribution in [3.8, 4) is 0 Å². The first-order chi connectivity index (χ1) is 5.27. The quantitative estimate of drug-likeness (QED) is 0.561. The van der Waals surface area contributed by atoms with Crippen LogP contribution in [0.15, 0.2) is 4.99 Å². The highest BCUT2D eigenvalue weighted by Crippen LogP contribution is 2.15. The lowest BCUT2D eigenvalue weighted by atomic mass is 10.1. The molecule has 62 valence electrons. The molecule has 0 aromatic heterocycles. The van der Waals surface area contributed by atoms with Crippen LogP contribution in [0.3, 0.4) is 0 Å². The van der Waals surface area contributed by atoms with Crippen LogP contribution in [0.2, 0.25) is 0 Å². The number of hydrogen-bond donors (Lipinski definition) is 0. The minimum absolute atomic E-state index is 0.201. The second-order valence-corrected chi connectivity index (χ2v) is 2.63. The van der Waals surface area contributed by atoms with Gasteiger partial charge in [0.25, 0.3) is 0 Å². The van der Waals surface area contributed by atoms with E-state index < -0.39 is 0 Å². The first-order valence-corrected chi connectivity index (χ1v) is 3.91. The molecular weight excluding hydrogens is 142 g/mol. The van der Waals surface area contributed by atoms with E-state index in [-0.39, 0.29) is 12.0 Å². The Morgan fingerprint density at radius 2 is 2.55 bits per heavy atom. The first-order valence-electron chi connectivity index (χ1n) is 3.91. The third-order valence-corrected chi connectivity index (χ3v) is 1.93. The number of hydrogen-bond acceptors (Lipinski definition) is 3. The van der Waals surface area contributed by atoms with Gasteiger partial charge < -0.3 is 4.74 Å². The number of nitrogens with zero attached hydrogens (tertiary/aromatic N) is 1. The van der Waals surface area contributed by atoms with Crippen molar-refractivity contribution in [3.63, 3.8) is 0 Å². The van der Waals surface area contributed by atoms with Gasteiger partial charge in [0.15, 0.2) is 0 Å². The average molecular weight is 155 g/mol. The van der Waals surface area contributed by atoms with E-state index in [1.165, 1.54) is 7.11 Å². The zero-order valence-electron chi connectivity index (χ0n) is 6.96. The fraction of sp³-hybridized carbons (Fsp3) is 0.750. The van der Waals surface area contributed by atoms with Gasteiger partial charge >= 0.3 is 5.97 Å². The van der Waals surface area contributed by atoms with Gasteiger partial charge in [0.2, 0.25) is 0 Å². The lowest BCUT2D eigenvalue weighted by Gasteiger charge is -2.01. The molecule has 0 fully saturated rings. The molecule has 0 unspecified atom stereocenters. The molecule has 0 spiro atoms. The van der Waals surface area contributed by atoms with Gasteiger partial charge in [-0.25, -0.2) is 4.79 Å². The normalized spacial score (nSPS) is 23.1. The van der Waals surface area contributed by atoms with E-state index in [1.807, 2.05) is 0 Å². The van der Waals surface area contributed by atoms with Crippen LogP contribution < -0.4 is 0 Å². The van der Waals surface area contributed by atoms with Gasteiger partial charge in [0.1, 0.15) is 6.04 Å². The molecule has 0 amide bonds. The van der Waals surface area contributed by atoms with E-state index in [1.54, 1.807) is 0 Å². The van der Waals surface area contributed by atoms with Gasteiger partial charge in [0, 0.05) is 5.71 Å². The van der Waals surface area contributed by atoms with Crippen LogP contribution in [0, 0.1) is 0 Å². The minimum atomic E-state index is -0.213. The van der Waals surface area contributed by atoms with Gasteiger partial charge in [0.05, 0.1) is 7.11 Å². The molecule has 1 heterocycles. The molecule has 0 N–H and O–H groups in total. The third-order valence-electron chi connectivity index (χ3n) is 1.93. The summed E-state index contributed by atoms with van der Waals surface area (Å²) in [6, 6.07) is -0.213. The van der Waals surface area contributed by atoms with Crippen LogP contribution in [0.5, 0.6) is 0 Å². The molecule has 0 saturated carbocycles. The third kappa shape index (κ3) is 1.79. The Labute approximate surface area is 66.5 Å². The van der Waals surface area contributed by atoms with Crippen molar-refractivity contribution in [2.24, 2.45) is 4.99 Å². The molecule has 11 heavy (non-hydrogen) atoms. The van der Waals surface area contributed by atoms with Crippen LogP contribution in [-0.2, 0) is 9.53 Å². The number of esters is 1. The molecular formula is C8H13NO2. The van der Waals surface area contributed by atoms with Crippen molar-refractivity contribution in [3.05, 3.63) is 0 Å². The van der Waals surface area contributed by atoms with E-state index in [9.17, 15) is 4.79 Å². The van der Waals surface area contributed by atoms with Gasteiger partial charge in [-0.05, 0) is 19.3 Å². The molecule has 1 aliphatic heterocycles. The van der Waals surface area contributed by atoms with E-state index >= 15 is 0 Å². The van der Waals surface area contributed by atoms with Crippen molar-refractivity contribution in [2.45, 2.75) is 32.2 Å². The van der Waals surface area contributed by atoms with Crippen LogP contribution in [0.25, 0.3) is 0 Å². The fourth-order valence-electron chi connectivity index (χ4n) is 1.23. The SMILES string of the molecule is CCC1=N[C@@H](C(=O)OC)CC1. The van der Waals surface area contributed by atoms with Crippen molar-refractivity contribution < 1.29 is 9.53 Å². The Hall–Kier alpha value is -0.860. The topological polar surface area (TPSA) is 38.7 Å². The van der Waals surface area contributed by atoms with Crippen LogP contribution in [-0.4, -0.2) is 24.8 Å². The monoisotopic (exact) mass is 155 g/mol. The summed E-state index contributed by atoms with van der Waals surface area (Å²) in [7, 11) is 1.40. The smallest absolute Gasteiger partial charge is 0.330 e. The van der Waals surface area contributed by atoms with E-state index in [0.717, 1.165) is 25.0 Å². The maximum Gasteiger partial charge on any atom is 0.330 e. The predicted octanol–water partition coefficient (Wildman–Crippen LogP) is 1.17. The minimum Gasteiger partial charge on any atom is -0.467 e. The number of methoxy groups -OCH3 is 1. The molecule has 1 atom stereocenters. The zero-order valence-corrected chi connectivity index (χ0v) is 6.96. The van der Waals surface area contributed by atoms with Crippen LogP contribution >= 0.6 is 0 Å². The molecule has 0 aliphatic carbocycles. The second-order valence-electron chi connectivity index (χ2n) is 2.63. The highest BCUT2D eigenvalue weighted by Gasteiger charge is 2.23. The maximum absolute atomic E-state index is 10.9. The van der Waals surface area contributed by atoms with Gasteiger partial charge in [-0.15, -0.1) is 0 Å². The summed E-state index contributed by atoms with van der Waals surface area (Å²) in [5, 5.41) is 0. The number of aliphatic imine (C=N–C) groups is 1. The molecule has 1 rings (SSSR count). The summed E-state index contributed by atoms with van der Waals surface area (Å²) in [4.78, 5) is 15.2. The highest BCUT2D eigenvalue weighted by atomic mass is 16.5. The summed E-state index contributed by atoms with van der Waals surface area (Å²) >= 11 is 0. The standard InChI is InChI=1S/C8H13NO2/c1-3-6-4-5-7(9-6)8(10)11-2/h7H,3-5H2,1-2H3/t7-/m1/s1. The number of carbonyl (C=O) groups excluding carboxylic acids is 1. The van der Waals surface area contributed by atoms with Gasteiger partial charge in [-0.3, -0.25) is 4.99 Å².